The van der Waals surface area contributed by atoms with Crippen molar-refractivity contribution in [1.82, 2.24) is 0 Å². The molecule has 0 saturated heterocycles. The molecule has 0 amide bonds. The minimum atomic E-state index is -0.486. The molecule has 3 heteroatoms. The van der Waals surface area contributed by atoms with E-state index in [1.807, 2.05) is 0 Å². The normalized spacial score (nSPS) is 17.4. The van der Waals surface area contributed by atoms with E-state index in [9.17, 15) is 4.79 Å². The molecule has 0 rings (SSSR count). The third-order valence-electron chi connectivity index (χ3n) is 1.07. The Morgan fingerprint density at radius 2 is 2.25 bits per heavy atom. The average Bonchev–Trinajstić information content (AvgIpc) is 1.84. The topological polar surface area (TPSA) is 52.3 Å². The summed E-state index contributed by atoms with van der Waals surface area (Å²) in [6.07, 6.45) is 0.501. The van der Waals surface area contributed by atoms with Gasteiger partial charge in [-0.1, -0.05) is 0 Å². The predicted octanol–water partition coefficient (Wildman–Crippen LogP) is -0.453. The summed E-state index contributed by atoms with van der Waals surface area (Å²) in [7, 11) is 1.52. The van der Waals surface area contributed by atoms with Crippen molar-refractivity contribution < 1.29 is 9.53 Å². The molecule has 0 bridgehead atoms. The van der Waals surface area contributed by atoms with Crippen LogP contribution in [0.15, 0.2) is 0 Å². The van der Waals surface area contributed by atoms with Gasteiger partial charge in [-0.3, -0.25) is 0 Å². The number of ether oxygens (including phenoxy) is 1. The Balaban J connectivity index is 3.44. The summed E-state index contributed by atoms with van der Waals surface area (Å²) < 4.78 is 4.75. The SMILES string of the molecule is COC(C)[C@H](N)C=O. The van der Waals surface area contributed by atoms with Crippen LogP contribution in [-0.4, -0.2) is 25.5 Å². The third-order valence-corrected chi connectivity index (χ3v) is 1.07. The molecule has 0 fully saturated rings. The molecule has 0 aliphatic carbocycles. The quantitative estimate of drug-likeness (QED) is 0.509. The molecule has 3 nitrogen and oxygen atoms in total. The van der Waals surface area contributed by atoms with Crippen molar-refractivity contribution in [1.29, 1.82) is 0 Å². The van der Waals surface area contributed by atoms with Crippen molar-refractivity contribution in [2.24, 2.45) is 5.73 Å². The number of aldehydes is 1. The Morgan fingerprint density at radius 1 is 1.75 bits per heavy atom. The number of carbonyl (C=O) groups is 1. The molecular formula is C5H11NO2. The maximum Gasteiger partial charge on any atom is 0.139 e. The van der Waals surface area contributed by atoms with E-state index in [1.54, 1.807) is 6.92 Å². The van der Waals surface area contributed by atoms with Crippen molar-refractivity contribution >= 4 is 6.29 Å². The molecule has 0 aliphatic rings. The predicted molar refractivity (Wildman–Crippen MR) is 30.5 cm³/mol. The van der Waals surface area contributed by atoms with Gasteiger partial charge in [-0.25, -0.2) is 0 Å². The highest BCUT2D eigenvalue weighted by Gasteiger charge is 2.08. The van der Waals surface area contributed by atoms with Gasteiger partial charge in [0, 0.05) is 7.11 Å². The second-order valence-electron chi connectivity index (χ2n) is 1.65. The Kier molecular flexibility index (Phi) is 3.39. The zero-order valence-corrected chi connectivity index (χ0v) is 5.13. The molecule has 8 heavy (non-hydrogen) atoms. The lowest BCUT2D eigenvalue weighted by molar-refractivity contribution is -0.111. The fourth-order valence-electron chi connectivity index (χ4n) is 0.268. The Bertz CT molecular complexity index is 74.8. The summed E-state index contributed by atoms with van der Waals surface area (Å²) in [5.74, 6) is 0. The molecule has 0 aromatic carbocycles. The van der Waals surface area contributed by atoms with Gasteiger partial charge in [-0.05, 0) is 6.92 Å². The molecule has 48 valence electrons. The van der Waals surface area contributed by atoms with E-state index >= 15 is 0 Å². The standard InChI is InChI=1S/C5H11NO2/c1-4(8-2)5(6)3-7/h3-5H,6H2,1-2H3/t4?,5-/m1/s1. The van der Waals surface area contributed by atoms with Crippen LogP contribution < -0.4 is 5.73 Å². The lowest BCUT2D eigenvalue weighted by atomic mass is 10.2. The maximum absolute atomic E-state index is 9.90. The van der Waals surface area contributed by atoms with Gasteiger partial charge in [-0.2, -0.15) is 0 Å². The third kappa shape index (κ3) is 2.04. The molecule has 0 heterocycles. The Hall–Kier alpha value is -0.410. The first-order valence-corrected chi connectivity index (χ1v) is 2.46. The van der Waals surface area contributed by atoms with Crippen LogP contribution >= 0.6 is 0 Å². The summed E-state index contributed by atoms with van der Waals surface area (Å²) in [6.45, 7) is 1.75. The second kappa shape index (κ2) is 3.57. The van der Waals surface area contributed by atoms with Crippen LogP contribution in [0.5, 0.6) is 0 Å². The maximum atomic E-state index is 9.90. The molecule has 2 N–H and O–H groups in total. The van der Waals surface area contributed by atoms with Crippen molar-refractivity contribution in [2.45, 2.75) is 19.1 Å². The average molecular weight is 117 g/mol. The van der Waals surface area contributed by atoms with E-state index in [0.29, 0.717) is 6.29 Å². The number of carbonyl (C=O) groups excluding carboxylic acids is 1. The van der Waals surface area contributed by atoms with E-state index < -0.39 is 6.04 Å². The first kappa shape index (κ1) is 7.59. The first-order valence-electron chi connectivity index (χ1n) is 2.46. The van der Waals surface area contributed by atoms with Crippen LogP contribution in [0.3, 0.4) is 0 Å². The minimum absolute atomic E-state index is 0.174. The summed E-state index contributed by atoms with van der Waals surface area (Å²) in [4.78, 5) is 9.90. The van der Waals surface area contributed by atoms with Crippen LogP contribution in [0.25, 0.3) is 0 Å². The number of hydrogen-bond donors (Lipinski definition) is 1. The molecule has 0 spiro atoms. The molecule has 0 aliphatic heterocycles. The van der Waals surface area contributed by atoms with Gasteiger partial charge >= 0.3 is 0 Å². The Morgan fingerprint density at radius 3 is 2.38 bits per heavy atom. The molecule has 0 aromatic heterocycles. The highest BCUT2D eigenvalue weighted by molar-refractivity contribution is 5.57. The fourth-order valence-corrected chi connectivity index (χ4v) is 0.268. The van der Waals surface area contributed by atoms with Crippen LogP contribution in [0.4, 0.5) is 0 Å². The zero-order valence-electron chi connectivity index (χ0n) is 5.13. The van der Waals surface area contributed by atoms with Gasteiger partial charge in [0.1, 0.15) is 6.29 Å². The van der Waals surface area contributed by atoms with E-state index in [2.05, 4.69) is 0 Å². The second-order valence-corrected chi connectivity index (χ2v) is 1.65. The van der Waals surface area contributed by atoms with Crippen molar-refractivity contribution in [2.75, 3.05) is 7.11 Å². The highest BCUT2D eigenvalue weighted by Crippen LogP contribution is 1.88. The van der Waals surface area contributed by atoms with Crippen LogP contribution in [0.1, 0.15) is 6.92 Å². The lowest BCUT2D eigenvalue weighted by Crippen LogP contribution is -2.34. The van der Waals surface area contributed by atoms with Crippen molar-refractivity contribution in [3.05, 3.63) is 0 Å². The van der Waals surface area contributed by atoms with E-state index in [0.717, 1.165) is 0 Å². The van der Waals surface area contributed by atoms with E-state index in [-0.39, 0.29) is 6.10 Å². The highest BCUT2D eigenvalue weighted by atomic mass is 16.5. The zero-order chi connectivity index (χ0) is 6.57. The molecule has 0 radical (unpaired) electrons. The van der Waals surface area contributed by atoms with Crippen LogP contribution in [-0.2, 0) is 9.53 Å². The fraction of sp³-hybridized carbons (Fsp3) is 0.800. The number of methoxy groups -OCH3 is 1. The first-order chi connectivity index (χ1) is 3.72. The molecule has 0 aromatic rings. The van der Waals surface area contributed by atoms with Crippen molar-refractivity contribution in [3.8, 4) is 0 Å². The van der Waals surface area contributed by atoms with Crippen LogP contribution in [0, 0.1) is 0 Å². The number of rotatable bonds is 3. The van der Waals surface area contributed by atoms with E-state index in [1.165, 1.54) is 7.11 Å². The summed E-state index contributed by atoms with van der Waals surface area (Å²) in [5, 5.41) is 0. The van der Waals surface area contributed by atoms with E-state index in [4.69, 9.17) is 10.5 Å². The summed E-state index contributed by atoms with van der Waals surface area (Å²) >= 11 is 0. The summed E-state index contributed by atoms with van der Waals surface area (Å²) in [5.41, 5.74) is 5.23. The Labute approximate surface area is 48.8 Å². The van der Waals surface area contributed by atoms with Gasteiger partial charge in [-0.15, -0.1) is 0 Å². The molecule has 1 unspecified atom stereocenters. The smallest absolute Gasteiger partial charge is 0.139 e. The molecule has 2 atom stereocenters. The number of nitrogens with two attached hydrogens (primary N) is 1. The molecular weight excluding hydrogens is 106 g/mol. The monoisotopic (exact) mass is 117 g/mol. The minimum Gasteiger partial charge on any atom is -0.380 e. The largest absolute Gasteiger partial charge is 0.380 e. The van der Waals surface area contributed by atoms with Gasteiger partial charge in [0.15, 0.2) is 0 Å². The molecule has 0 saturated carbocycles. The van der Waals surface area contributed by atoms with Crippen LogP contribution in [0.2, 0.25) is 0 Å². The van der Waals surface area contributed by atoms with Crippen molar-refractivity contribution in [3.63, 3.8) is 0 Å². The van der Waals surface area contributed by atoms with Gasteiger partial charge < -0.3 is 15.3 Å². The van der Waals surface area contributed by atoms with Gasteiger partial charge in [0.25, 0.3) is 0 Å². The van der Waals surface area contributed by atoms with Gasteiger partial charge in [0.2, 0.25) is 0 Å². The summed E-state index contributed by atoms with van der Waals surface area (Å²) in [6, 6.07) is -0.486. The number of hydrogen-bond acceptors (Lipinski definition) is 3. The van der Waals surface area contributed by atoms with Gasteiger partial charge in [0.05, 0.1) is 12.1 Å². The lowest BCUT2D eigenvalue weighted by Gasteiger charge is -2.10.